The molecule has 0 heterocycles. The summed E-state index contributed by atoms with van der Waals surface area (Å²) in [6, 6.07) is 4.18. The van der Waals surface area contributed by atoms with Crippen molar-refractivity contribution in [2.45, 2.75) is 19.9 Å². The van der Waals surface area contributed by atoms with Crippen LogP contribution in [-0.2, 0) is 14.8 Å². The van der Waals surface area contributed by atoms with Crippen molar-refractivity contribution < 1.29 is 17.6 Å². The van der Waals surface area contributed by atoms with Gasteiger partial charge in [0.2, 0.25) is 15.9 Å². The Morgan fingerprint density at radius 2 is 2.11 bits per heavy atom. The standard InChI is InChI=1S/C12H17FN2O3S/c1-4-14-12(16)9(2)15(19(3,17)18)11-7-5-6-10(13)8-11/h5-9H,4H2,1-3H3,(H,14,16)/t9-/m0/s1. The van der Waals surface area contributed by atoms with E-state index in [0.29, 0.717) is 6.54 Å². The number of amides is 1. The summed E-state index contributed by atoms with van der Waals surface area (Å²) < 4.78 is 37.7. The Morgan fingerprint density at radius 3 is 2.58 bits per heavy atom. The van der Waals surface area contributed by atoms with E-state index in [2.05, 4.69) is 5.32 Å². The number of nitrogens with one attached hydrogen (secondary N) is 1. The van der Waals surface area contributed by atoms with Crippen molar-refractivity contribution in [2.24, 2.45) is 0 Å². The molecule has 106 valence electrons. The maximum atomic E-state index is 13.2. The number of hydrogen-bond donors (Lipinski definition) is 1. The molecule has 0 aliphatic rings. The number of sulfonamides is 1. The van der Waals surface area contributed by atoms with Gasteiger partial charge in [0.25, 0.3) is 0 Å². The molecule has 1 amide bonds. The van der Waals surface area contributed by atoms with Crippen molar-refractivity contribution in [1.29, 1.82) is 0 Å². The van der Waals surface area contributed by atoms with Crippen molar-refractivity contribution in [3.8, 4) is 0 Å². The maximum absolute atomic E-state index is 13.2. The monoisotopic (exact) mass is 288 g/mol. The largest absolute Gasteiger partial charge is 0.355 e. The summed E-state index contributed by atoms with van der Waals surface area (Å²) in [7, 11) is -3.69. The predicted molar refractivity (Wildman–Crippen MR) is 71.9 cm³/mol. The molecule has 0 saturated heterocycles. The summed E-state index contributed by atoms with van der Waals surface area (Å²) in [5.74, 6) is -0.994. The highest BCUT2D eigenvalue weighted by Gasteiger charge is 2.28. The molecule has 0 unspecified atom stereocenters. The third kappa shape index (κ3) is 3.92. The van der Waals surface area contributed by atoms with E-state index in [-0.39, 0.29) is 5.69 Å². The second-order valence-corrected chi connectivity index (χ2v) is 5.97. The summed E-state index contributed by atoms with van der Waals surface area (Å²) in [4.78, 5) is 11.8. The molecule has 0 aliphatic heterocycles. The normalized spacial score (nSPS) is 12.8. The number of halogens is 1. The molecule has 1 aromatic rings. The maximum Gasteiger partial charge on any atom is 0.243 e. The second-order valence-electron chi connectivity index (χ2n) is 4.11. The fourth-order valence-electron chi connectivity index (χ4n) is 1.74. The molecule has 19 heavy (non-hydrogen) atoms. The molecule has 0 aromatic heterocycles. The zero-order valence-electron chi connectivity index (χ0n) is 11.1. The number of benzene rings is 1. The topological polar surface area (TPSA) is 66.5 Å². The minimum Gasteiger partial charge on any atom is -0.355 e. The van der Waals surface area contributed by atoms with E-state index in [1.807, 2.05) is 0 Å². The highest BCUT2D eigenvalue weighted by molar-refractivity contribution is 7.92. The second kappa shape index (κ2) is 6.01. The highest BCUT2D eigenvalue weighted by atomic mass is 32.2. The third-order valence-corrected chi connectivity index (χ3v) is 3.74. The van der Waals surface area contributed by atoms with E-state index >= 15 is 0 Å². The van der Waals surface area contributed by atoms with Gasteiger partial charge in [-0.1, -0.05) is 6.07 Å². The highest BCUT2D eigenvalue weighted by Crippen LogP contribution is 2.21. The van der Waals surface area contributed by atoms with Crippen LogP contribution in [0.25, 0.3) is 0 Å². The Balaban J connectivity index is 3.20. The van der Waals surface area contributed by atoms with Gasteiger partial charge in [0.05, 0.1) is 11.9 Å². The fourth-order valence-corrected chi connectivity index (χ4v) is 2.91. The van der Waals surface area contributed by atoms with Gasteiger partial charge < -0.3 is 5.32 Å². The summed E-state index contributed by atoms with van der Waals surface area (Å²) in [5, 5.41) is 2.54. The number of rotatable bonds is 5. The van der Waals surface area contributed by atoms with Crippen LogP contribution in [-0.4, -0.2) is 33.2 Å². The Hall–Kier alpha value is -1.63. The van der Waals surface area contributed by atoms with Crippen LogP contribution in [0.2, 0.25) is 0 Å². The van der Waals surface area contributed by atoms with E-state index in [9.17, 15) is 17.6 Å². The molecule has 7 heteroatoms. The van der Waals surface area contributed by atoms with Crippen LogP contribution >= 0.6 is 0 Å². The first kappa shape index (κ1) is 15.4. The first-order chi connectivity index (χ1) is 8.77. The molecule has 1 N–H and O–H groups in total. The van der Waals surface area contributed by atoms with Gasteiger partial charge >= 0.3 is 0 Å². The smallest absolute Gasteiger partial charge is 0.243 e. The number of carbonyl (C=O) groups excluding carboxylic acids is 1. The molecule has 0 aliphatic carbocycles. The van der Waals surface area contributed by atoms with Gasteiger partial charge in [-0.05, 0) is 32.0 Å². The molecule has 0 saturated carbocycles. The number of carbonyl (C=O) groups is 1. The van der Waals surface area contributed by atoms with E-state index in [0.717, 1.165) is 16.6 Å². The molecule has 1 aromatic carbocycles. The molecule has 1 rings (SSSR count). The van der Waals surface area contributed by atoms with Crippen LogP contribution in [0.1, 0.15) is 13.8 Å². The molecule has 0 radical (unpaired) electrons. The van der Waals surface area contributed by atoms with Gasteiger partial charge in [-0.3, -0.25) is 9.10 Å². The average molecular weight is 288 g/mol. The van der Waals surface area contributed by atoms with Gasteiger partial charge in [0, 0.05) is 6.54 Å². The lowest BCUT2D eigenvalue weighted by Gasteiger charge is -2.28. The minimum atomic E-state index is -3.69. The van der Waals surface area contributed by atoms with Gasteiger partial charge in [-0.15, -0.1) is 0 Å². The first-order valence-corrected chi connectivity index (χ1v) is 7.65. The van der Waals surface area contributed by atoms with Crippen LogP contribution in [0.3, 0.4) is 0 Å². The van der Waals surface area contributed by atoms with Crippen LogP contribution in [0.4, 0.5) is 10.1 Å². The van der Waals surface area contributed by atoms with Crippen molar-refractivity contribution in [2.75, 3.05) is 17.1 Å². The van der Waals surface area contributed by atoms with Crippen molar-refractivity contribution in [1.82, 2.24) is 5.32 Å². The third-order valence-electron chi connectivity index (χ3n) is 2.50. The SMILES string of the molecule is CCNC(=O)[C@H](C)N(c1cccc(F)c1)S(C)(=O)=O. The van der Waals surface area contributed by atoms with Crippen LogP contribution in [0.5, 0.6) is 0 Å². The molecular formula is C12H17FN2O3S. The zero-order valence-corrected chi connectivity index (χ0v) is 11.9. The van der Waals surface area contributed by atoms with E-state index in [4.69, 9.17) is 0 Å². The van der Waals surface area contributed by atoms with Crippen molar-refractivity contribution >= 4 is 21.6 Å². The number of likely N-dealkylation sites (N-methyl/N-ethyl adjacent to an activating group) is 1. The number of nitrogens with zero attached hydrogens (tertiary/aromatic N) is 1. The average Bonchev–Trinajstić information content (AvgIpc) is 2.27. The van der Waals surface area contributed by atoms with Gasteiger partial charge in [0.1, 0.15) is 11.9 Å². The zero-order chi connectivity index (χ0) is 14.6. The van der Waals surface area contributed by atoms with Gasteiger partial charge in [0.15, 0.2) is 0 Å². The predicted octanol–water partition coefficient (Wildman–Crippen LogP) is 1.12. The molecule has 0 bridgehead atoms. The lowest BCUT2D eigenvalue weighted by molar-refractivity contribution is -0.121. The molecule has 1 atom stereocenters. The lowest BCUT2D eigenvalue weighted by Crippen LogP contribution is -2.47. The van der Waals surface area contributed by atoms with Crippen molar-refractivity contribution in [3.05, 3.63) is 30.1 Å². The summed E-state index contributed by atoms with van der Waals surface area (Å²) in [6.07, 6.45) is 0.980. The Morgan fingerprint density at radius 1 is 1.47 bits per heavy atom. The fraction of sp³-hybridized carbons (Fsp3) is 0.417. The van der Waals surface area contributed by atoms with Gasteiger partial charge in [-0.2, -0.15) is 0 Å². The summed E-state index contributed by atoms with van der Waals surface area (Å²) in [5.41, 5.74) is 0.126. The summed E-state index contributed by atoms with van der Waals surface area (Å²) >= 11 is 0. The Bertz CT molecular complexity index is 560. The quantitative estimate of drug-likeness (QED) is 0.883. The number of anilines is 1. The van der Waals surface area contributed by atoms with Gasteiger partial charge in [-0.25, -0.2) is 12.8 Å². The minimum absolute atomic E-state index is 0.126. The van der Waals surface area contributed by atoms with E-state index in [1.54, 1.807) is 6.92 Å². The lowest BCUT2D eigenvalue weighted by atomic mass is 10.2. The molecule has 0 spiro atoms. The van der Waals surface area contributed by atoms with Crippen molar-refractivity contribution in [3.63, 3.8) is 0 Å². The van der Waals surface area contributed by atoms with Crippen LogP contribution in [0, 0.1) is 5.82 Å². The van der Waals surface area contributed by atoms with E-state index in [1.165, 1.54) is 25.1 Å². The van der Waals surface area contributed by atoms with Crippen LogP contribution in [0.15, 0.2) is 24.3 Å². The number of hydrogen-bond acceptors (Lipinski definition) is 3. The Labute approximate surface area is 112 Å². The van der Waals surface area contributed by atoms with E-state index < -0.39 is 27.8 Å². The first-order valence-electron chi connectivity index (χ1n) is 5.80. The Kier molecular flexibility index (Phi) is 4.88. The molecule has 0 fully saturated rings. The molecular weight excluding hydrogens is 271 g/mol. The summed E-state index contributed by atoms with van der Waals surface area (Å²) in [6.45, 7) is 3.58. The molecule has 5 nitrogen and oxygen atoms in total. The van der Waals surface area contributed by atoms with Crippen LogP contribution < -0.4 is 9.62 Å².